The molecule has 0 radical (unpaired) electrons. The van der Waals surface area contributed by atoms with Gasteiger partial charge in [0.1, 0.15) is 15.4 Å². The van der Waals surface area contributed by atoms with Crippen LogP contribution in [0.15, 0.2) is 0 Å². The van der Waals surface area contributed by atoms with Crippen molar-refractivity contribution < 1.29 is 9.47 Å². The highest BCUT2D eigenvalue weighted by Crippen LogP contribution is 2.16. The molecule has 3 nitrogen and oxygen atoms in total. The molecule has 1 aliphatic rings. The standard InChI is InChI=1S/C12H27NO2Si.H4Si/c1-3-14-12(15-4-2)16-10-13-11-8-6-5-7-9-11;/h11-13H,3-10,16H2,1-2H3;1H4. The minimum Gasteiger partial charge on any atom is -0.357 e. The predicted molar refractivity (Wildman–Crippen MR) is 81.8 cm³/mol. The van der Waals surface area contributed by atoms with E-state index in [-0.39, 0.29) is 26.4 Å². The zero-order valence-electron chi connectivity index (χ0n) is 10.8. The minimum absolute atomic E-state index is 0. The van der Waals surface area contributed by atoms with Crippen molar-refractivity contribution in [1.29, 1.82) is 0 Å². The molecule has 17 heavy (non-hydrogen) atoms. The molecule has 0 aromatic rings. The summed E-state index contributed by atoms with van der Waals surface area (Å²) < 4.78 is 11.1. The second-order valence-corrected chi connectivity index (χ2v) is 6.16. The van der Waals surface area contributed by atoms with Gasteiger partial charge < -0.3 is 14.8 Å². The quantitative estimate of drug-likeness (QED) is 0.498. The van der Waals surface area contributed by atoms with Crippen molar-refractivity contribution in [2.45, 2.75) is 57.9 Å². The van der Waals surface area contributed by atoms with E-state index in [0.717, 1.165) is 25.4 Å². The van der Waals surface area contributed by atoms with Gasteiger partial charge in [0.25, 0.3) is 0 Å². The van der Waals surface area contributed by atoms with Crippen LogP contribution >= 0.6 is 0 Å². The summed E-state index contributed by atoms with van der Waals surface area (Å²) >= 11 is 0. The summed E-state index contributed by atoms with van der Waals surface area (Å²) in [5.74, 6) is 0.117. The molecular formula is C12H31NO2Si2. The van der Waals surface area contributed by atoms with Crippen molar-refractivity contribution in [2.75, 3.05) is 19.4 Å². The lowest BCUT2D eigenvalue weighted by Gasteiger charge is -2.24. The first-order chi connectivity index (χ1) is 7.86. The third-order valence-electron chi connectivity index (χ3n) is 3.12. The average molecular weight is 278 g/mol. The normalized spacial score (nSPS) is 17.8. The fourth-order valence-electron chi connectivity index (χ4n) is 2.30. The molecule has 0 heterocycles. The van der Waals surface area contributed by atoms with Crippen LogP contribution in [0.1, 0.15) is 46.0 Å². The van der Waals surface area contributed by atoms with Crippen LogP contribution in [0.4, 0.5) is 0 Å². The van der Waals surface area contributed by atoms with Crippen LogP contribution in [0, 0.1) is 0 Å². The van der Waals surface area contributed by atoms with E-state index in [1.54, 1.807) is 0 Å². The lowest BCUT2D eigenvalue weighted by molar-refractivity contribution is -0.0828. The maximum absolute atomic E-state index is 5.57. The van der Waals surface area contributed by atoms with Gasteiger partial charge in [-0.05, 0) is 43.8 Å². The second kappa shape index (κ2) is 11.4. The molecule has 0 atom stereocenters. The third-order valence-corrected chi connectivity index (χ3v) is 4.64. The Balaban J connectivity index is 0.00000256. The Morgan fingerprint density at radius 1 is 1.12 bits per heavy atom. The molecule has 0 amide bonds. The second-order valence-electron chi connectivity index (χ2n) is 4.42. The molecule has 0 unspecified atom stereocenters. The summed E-state index contributed by atoms with van der Waals surface area (Å²) in [6, 6.07) is 0.769. The zero-order chi connectivity index (χ0) is 11.6. The van der Waals surface area contributed by atoms with Crippen molar-refractivity contribution in [3.63, 3.8) is 0 Å². The first kappa shape index (κ1) is 17.3. The average Bonchev–Trinajstić information content (AvgIpc) is 2.31. The first-order valence-electron chi connectivity index (χ1n) is 6.83. The maximum atomic E-state index is 5.57. The third kappa shape index (κ3) is 8.10. The van der Waals surface area contributed by atoms with Crippen molar-refractivity contribution in [2.24, 2.45) is 0 Å². The summed E-state index contributed by atoms with van der Waals surface area (Å²) in [5.41, 5.74) is 0. The van der Waals surface area contributed by atoms with Crippen LogP contribution < -0.4 is 5.32 Å². The van der Waals surface area contributed by atoms with Crippen LogP contribution in [-0.4, -0.2) is 51.8 Å². The number of rotatable bonds is 8. The summed E-state index contributed by atoms with van der Waals surface area (Å²) in [6.07, 6.45) is 8.11. The van der Waals surface area contributed by atoms with E-state index >= 15 is 0 Å². The number of nitrogens with one attached hydrogen (secondary N) is 1. The van der Waals surface area contributed by atoms with Crippen LogP contribution in [-0.2, 0) is 9.47 Å². The van der Waals surface area contributed by atoms with E-state index < -0.39 is 0 Å². The van der Waals surface area contributed by atoms with Gasteiger partial charge in [-0.25, -0.2) is 0 Å². The van der Waals surface area contributed by atoms with Crippen molar-refractivity contribution in [1.82, 2.24) is 5.32 Å². The maximum Gasteiger partial charge on any atom is 0.136 e. The molecule has 0 aliphatic heterocycles. The fourth-order valence-corrected chi connectivity index (χ4v) is 3.91. The van der Waals surface area contributed by atoms with Crippen LogP contribution in [0.3, 0.4) is 0 Å². The molecule has 0 saturated heterocycles. The highest BCUT2D eigenvalue weighted by atomic mass is 28.2. The molecule has 5 heteroatoms. The summed E-state index contributed by atoms with van der Waals surface area (Å²) in [5, 5.41) is 3.67. The van der Waals surface area contributed by atoms with E-state index in [1.165, 1.54) is 32.1 Å². The van der Waals surface area contributed by atoms with E-state index in [2.05, 4.69) is 5.32 Å². The predicted octanol–water partition coefficient (Wildman–Crippen LogP) is -0.0600. The number of hydrogen-bond donors (Lipinski definition) is 1. The monoisotopic (exact) mass is 277 g/mol. The fraction of sp³-hybridized carbons (Fsp3) is 1.00. The Bertz CT molecular complexity index is 161. The van der Waals surface area contributed by atoms with E-state index in [1.807, 2.05) is 13.8 Å². The molecule has 0 aromatic heterocycles. The van der Waals surface area contributed by atoms with Gasteiger partial charge in [-0.15, -0.1) is 0 Å². The molecular weight excluding hydrogens is 246 g/mol. The largest absolute Gasteiger partial charge is 0.357 e. The van der Waals surface area contributed by atoms with E-state index in [4.69, 9.17) is 9.47 Å². The molecule has 0 bridgehead atoms. The van der Waals surface area contributed by atoms with Crippen LogP contribution in [0.5, 0.6) is 0 Å². The lowest BCUT2D eigenvalue weighted by atomic mass is 9.96. The van der Waals surface area contributed by atoms with Gasteiger partial charge in [-0.3, -0.25) is 0 Å². The van der Waals surface area contributed by atoms with Gasteiger partial charge in [0.05, 0.1) is 0 Å². The zero-order valence-corrected chi connectivity index (χ0v) is 12.2. The van der Waals surface area contributed by atoms with E-state index in [0.29, 0.717) is 0 Å². The van der Waals surface area contributed by atoms with Crippen LogP contribution in [0.25, 0.3) is 0 Å². The molecule has 1 aliphatic carbocycles. The van der Waals surface area contributed by atoms with Gasteiger partial charge in [0, 0.05) is 19.3 Å². The molecule has 0 spiro atoms. The van der Waals surface area contributed by atoms with Crippen molar-refractivity contribution >= 4 is 20.5 Å². The molecule has 104 valence electrons. The highest BCUT2D eigenvalue weighted by Gasteiger charge is 2.14. The molecule has 1 fully saturated rings. The summed E-state index contributed by atoms with van der Waals surface area (Å²) in [6.45, 7) is 5.60. The van der Waals surface area contributed by atoms with Crippen LogP contribution in [0.2, 0.25) is 0 Å². The Hall–Kier alpha value is 0.314. The summed E-state index contributed by atoms with van der Waals surface area (Å²) in [4.78, 5) is 0. The Labute approximate surface area is 113 Å². The Morgan fingerprint density at radius 2 is 1.71 bits per heavy atom. The smallest absolute Gasteiger partial charge is 0.136 e. The molecule has 1 saturated carbocycles. The number of hydrogen-bond acceptors (Lipinski definition) is 3. The lowest BCUT2D eigenvalue weighted by Crippen LogP contribution is -2.39. The first-order valence-corrected chi connectivity index (χ1v) is 8.65. The Morgan fingerprint density at radius 3 is 2.24 bits per heavy atom. The Kier molecular flexibility index (Phi) is 11.6. The van der Waals surface area contributed by atoms with Gasteiger partial charge in [0.15, 0.2) is 0 Å². The molecule has 1 rings (SSSR count). The molecule has 0 aromatic carbocycles. The number of ether oxygens (including phenoxy) is 2. The highest BCUT2D eigenvalue weighted by molar-refractivity contribution is 6.36. The van der Waals surface area contributed by atoms with Crippen molar-refractivity contribution in [3.05, 3.63) is 0 Å². The summed E-state index contributed by atoms with van der Waals surface area (Å²) in [7, 11) is -0.297. The van der Waals surface area contributed by atoms with Crippen molar-refractivity contribution in [3.8, 4) is 0 Å². The minimum atomic E-state index is -0.297. The van der Waals surface area contributed by atoms with Gasteiger partial charge >= 0.3 is 0 Å². The molecule has 1 N–H and O–H groups in total. The van der Waals surface area contributed by atoms with E-state index in [9.17, 15) is 0 Å². The van der Waals surface area contributed by atoms with Gasteiger partial charge in [0.2, 0.25) is 0 Å². The topological polar surface area (TPSA) is 30.5 Å². The SMILES string of the molecule is CCOC(OCC)[SiH2]CNC1CCCCC1.[SiH4]. The van der Waals surface area contributed by atoms with Gasteiger partial charge in [-0.1, -0.05) is 19.3 Å². The van der Waals surface area contributed by atoms with Gasteiger partial charge in [-0.2, -0.15) is 0 Å².